The summed E-state index contributed by atoms with van der Waals surface area (Å²) in [4.78, 5) is 17.1. The Morgan fingerprint density at radius 1 is 1.14 bits per heavy atom. The lowest BCUT2D eigenvalue weighted by molar-refractivity contribution is -0.124. The van der Waals surface area contributed by atoms with Gasteiger partial charge in [-0.05, 0) is 87.1 Å². The van der Waals surface area contributed by atoms with Crippen molar-refractivity contribution in [1.29, 1.82) is 0 Å². The average Bonchev–Trinajstić information content (AvgIpc) is 2.73. The van der Waals surface area contributed by atoms with Gasteiger partial charge in [-0.25, -0.2) is 0 Å². The molecule has 6 heteroatoms. The third-order valence-corrected chi connectivity index (χ3v) is 5.64. The van der Waals surface area contributed by atoms with Crippen LogP contribution in [0.3, 0.4) is 0 Å². The van der Waals surface area contributed by atoms with E-state index in [0.29, 0.717) is 5.02 Å². The standard InChI is InChI=1S/C22H29ClN4O/c1-16(18-9-13-25-14-10-18)27-22(28)21(19-2-4-20(23)5-3-19)26-15-8-17-6-11-24-12-7-17/h2-5,9-10,13-14,16-17,21,24,26H,6-8,11-12,15H2,1H3,(H,27,28). The summed E-state index contributed by atoms with van der Waals surface area (Å²) in [7, 11) is 0. The first-order valence-corrected chi connectivity index (χ1v) is 10.4. The fourth-order valence-electron chi connectivity index (χ4n) is 3.65. The van der Waals surface area contributed by atoms with Crippen molar-refractivity contribution in [2.75, 3.05) is 19.6 Å². The van der Waals surface area contributed by atoms with Crippen molar-refractivity contribution in [3.63, 3.8) is 0 Å². The van der Waals surface area contributed by atoms with Crippen LogP contribution in [0.4, 0.5) is 0 Å². The summed E-state index contributed by atoms with van der Waals surface area (Å²) in [5, 5.41) is 10.7. The summed E-state index contributed by atoms with van der Waals surface area (Å²) in [6.07, 6.45) is 6.98. The van der Waals surface area contributed by atoms with E-state index in [0.717, 1.165) is 43.1 Å². The minimum absolute atomic E-state index is 0.0306. The number of pyridine rings is 1. The minimum Gasteiger partial charge on any atom is -0.348 e. The second-order valence-corrected chi connectivity index (χ2v) is 7.87. The molecule has 1 amide bonds. The van der Waals surface area contributed by atoms with Crippen LogP contribution < -0.4 is 16.0 Å². The van der Waals surface area contributed by atoms with Crippen LogP contribution in [-0.4, -0.2) is 30.5 Å². The van der Waals surface area contributed by atoms with E-state index >= 15 is 0 Å². The fraction of sp³-hybridized carbons (Fsp3) is 0.455. The maximum atomic E-state index is 13.1. The number of benzene rings is 1. The molecule has 5 nitrogen and oxygen atoms in total. The molecule has 1 aromatic carbocycles. The lowest BCUT2D eigenvalue weighted by Gasteiger charge is -2.25. The lowest BCUT2D eigenvalue weighted by atomic mass is 9.94. The van der Waals surface area contributed by atoms with E-state index in [-0.39, 0.29) is 11.9 Å². The molecule has 1 aromatic heterocycles. The van der Waals surface area contributed by atoms with E-state index in [1.165, 1.54) is 12.8 Å². The van der Waals surface area contributed by atoms with Gasteiger partial charge in [0.2, 0.25) is 5.91 Å². The van der Waals surface area contributed by atoms with E-state index < -0.39 is 6.04 Å². The number of hydrogen-bond acceptors (Lipinski definition) is 4. The van der Waals surface area contributed by atoms with Gasteiger partial charge in [0.15, 0.2) is 0 Å². The van der Waals surface area contributed by atoms with Gasteiger partial charge in [-0.15, -0.1) is 0 Å². The summed E-state index contributed by atoms with van der Waals surface area (Å²) < 4.78 is 0. The molecule has 0 aliphatic carbocycles. The lowest BCUT2D eigenvalue weighted by Crippen LogP contribution is -2.39. The number of aromatic nitrogens is 1. The van der Waals surface area contributed by atoms with E-state index in [1.54, 1.807) is 12.4 Å². The van der Waals surface area contributed by atoms with Gasteiger partial charge in [-0.3, -0.25) is 9.78 Å². The third kappa shape index (κ3) is 6.03. The van der Waals surface area contributed by atoms with Crippen molar-refractivity contribution >= 4 is 17.5 Å². The van der Waals surface area contributed by atoms with Crippen LogP contribution in [0.25, 0.3) is 0 Å². The zero-order valence-electron chi connectivity index (χ0n) is 16.3. The van der Waals surface area contributed by atoms with E-state index in [2.05, 4.69) is 20.9 Å². The molecule has 0 radical (unpaired) electrons. The van der Waals surface area contributed by atoms with E-state index in [4.69, 9.17) is 11.6 Å². The summed E-state index contributed by atoms with van der Waals surface area (Å²) in [6.45, 7) is 4.99. The Labute approximate surface area is 172 Å². The minimum atomic E-state index is -0.400. The van der Waals surface area contributed by atoms with Gasteiger partial charge in [0.25, 0.3) is 0 Å². The van der Waals surface area contributed by atoms with Crippen molar-refractivity contribution in [3.8, 4) is 0 Å². The first-order chi connectivity index (χ1) is 13.6. The Balaban J connectivity index is 1.64. The molecule has 3 N–H and O–H groups in total. The van der Waals surface area contributed by atoms with Gasteiger partial charge >= 0.3 is 0 Å². The van der Waals surface area contributed by atoms with Crippen molar-refractivity contribution in [2.24, 2.45) is 5.92 Å². The van der Waals surface area contributed by atoms with Crippen LogP contribution in [-0.2, 0) is 4.79 Å². The molecule has 0 spiro atoms. The SMILES string of the molecule is CC(NC(=O)C(NCCC1CCNCC1)c1ccc(Cl)cc1)c1ccncc1. The maximum Gasteiger partial charge on any atom is 0.242 e. The number of hydrogen-bond donors (Lipinski definition) is 3. The van der Waals surface area contributed by atoms with Gasteiger partial charge in [-0.2, -0.15) is 0 Å². The Bertz CT molecular complexity index is 732. The van der Waals surface area contributed by atoms with Crippen LogP contribution in [0.2, 0.25) is 5.02 Å². The molecule has 1 aliphatic rings. The molecule has 1 aliphatic heterocycles. The number of halogens is 1. The first kappa shape index (κ1) is 20.8. The van der Waals surface area contributed by atoms with Crippen molar-refractivity contribution in [3.05, 3.63) is 64.9 Å². The maximum absolute atomic E-state index is 13.1. The molecule has 1 saturated heterocycles. The Kier molecular flexibility index (Phi) is 7.83. The molecule has 0 bridgehead atoms. The number of carbonyl (C=O) groups excluding carboxylic acids is 1. The molecule has 3 rings (SSSR count). The van der Waals surface area contributed by atoms with Crippen molar-refractivity contribution < 1.29 is 4.79 Å². The smallest absolute Gasteiger partial charge is 0.242 e. The predicted octanol–water partition coefficient (Wildman–Crippen LogP) is 3.63. The highest BCUT2D eigenvalue weighted by Gasteiger charge is 2.23. The van der Waals surface area contributed by atoms with Crippen LogP contribution >= 0.6 is 11.6 Å². The summed E-state index contributed by atoms with van der Waals surface area (Å²) >= 11 is 6.03. The number of nitrogens with one attached hydrogen (secondary N) is 3. The van der Waals surface area contributed by atoms with Crippen molar-refractivity contribution in [2.45, 2.75) is 38.3 Å². The number of nitrogens with zero attached hydrogens (tertiary/aromatic N) is 1. The fourth-order valence-corrected chi connectivity index (χ4v) is 3.78. The highest BCUT2D eigenvalue weighted by Crippen LogP contribution is 2.20. The molecule has 2 aromatic rings. The average molecular weight is 401 g/mol. The normalized spacial score (nSPS) is 17.1. The quantitative estimate of drug-likeness (QED) is 0.633. The van der Waals surface area contributed by atoms with Crippen LogP contribution in [0.5, 0.6) is 0 Å². The number of rotatable bonds is 8. The molecular weight excluding hydrogens is 372 g/mol. The molecule has 150 valence electrons. The van der Waals surface area contributed by atoms with Gasteiger partial charge < -0.3 is 16.0 Å². The van der Waals surface area contributed by atoms with Crippen LogP contribution in [0, 0.1) is 5.92 Å². The number of carbonyl (C=O) groups is 1. The van der Waals surface area contributed by atoms with Crippen LogP contribution in [0.1, 0.15) is 49.4 Å². The van der Waals surface area contributed by atoms with Gasteiger partial charge in [0.1, 0.15) is 6.04 Å². The number of piperidine rings is 1. The summed E-state index contributed by atoms with van der Waals surface area (Å²) in [5.74, 6) is 0.690. The van der Waals surface area contributed by atoms with Crippen molar-refractivity contribution in [1.82, 2.24) is 20.9 Å². The topological polar surface area (TPSA) is 66.1 Å². The molecule has 1 fully saturated rings. The molecule has 28 heavy (non-hydrogen) atoms. The van der Waals surface area contributed by atoms with Gasteiger partial charge in [-0.1, -0.05) is 23.7 Å². The Hall–Kier alpha value is -1.95. The first-order valence-electron chi connectivity index (χ1n) is 10.0. The van der Waals surface area contributed by atoms with Gasteiger partial charge in [0, 0.05) is 17.4 Å². The zero-order valence-corrected chi connectivity index (χ0v) is 17.1. The Morgan fingerprint density at radius 3 is 2.50 bits per heavy atom. The molecule has 0 saturated carbocycles. The largest absolute Gasteiger partial charge is 0.348 e. The monoisotopic (exact) mass is 400 g/mol. The van der Waals surface area contributed by atoms with Crippen LogP contribution in [0.15, 0.2) is 48.8 Å². The van der Waals surface area contributed by atoms with E-state index in [1.807, 2.05) is 43.3 Å². The molecule has 2 unspecified atom stereocenters. The Morgan fingerprint density at radius 2 is 1.82 bits per heavy atom. The second-order valence-electron chi connectivity index (χ2n) is 7.43. The third-order valence-electron chi connectivity index (χ3n) is 5.39. The number of amides is 1. The van der Waals surface area contributed by atoms with E-state index in [9.17, 15) is 4.79 Å². The molecular formula is C22H29ClN4O. The molecule has 2 atom stereocenters. The molecule has 2 heterocycles. The summed E-state index contributed by atoms with van der Waals surface area (Å²) in [5.41, 5.74) is 1.96. The van der Waals surface area contributed by atoms with Gasteiger partial charge in [0.05, 0.1) is 6.04 Å². The second kappa shape index (κ2) is 10.6. The highest BCUT2D eigenvalue weighted by atomic mass is 35.5. The summed E-state index contributed by atoms with van der Waals surface area (Å²) in [6, 6.07) is 10.9. The highest BCUT2D eigenvalue weighted by molar-refractivity contribution is 6.30. The predicted molar refractivity (Wildman–Crippen MR) is 113 cm³/mol. The zero-order chi connectivity index (χ0) is 19.8.